The van der Waals surface area contributed by atoms with Crippen molar-refractivity contribution in [1.29, 1.82) is 0 Å². The second kappa shape index (κ2) is 11.4. The zero-order chi connectivity index (χ0) is 27.8. The Kier molecular flexibility index (Phi) is 8.30. The quantitative estimate of drug-likeness (QED) is 0.243. The van der Waals surface area contributed by atoms with E-state index in [1.54, 1.807) is 12.1 Å². The van der Waals surface area contributed by atoms with E-state index in [2.05, 4.69) is 17.1 Å². The molecule has 2 bridgehead atoms. The minimum atomic E-state index is -4.68. The Morgan fingerprint density at radius 3 is 2.56 bits per heavy atom. The van der Waals surface area contributed by atoms with Crippen LogP contribution >= 0.6 is 15.6 Å². The molecule has 3 N–H and O–H groups in total. The van der Waals surface area contributed by atoms with Crippen molar-refractivity contribution in [1.82, 2.24) is 9.55 Å². The Labute approximate surface area is 222 Å². The van der Waals surface area contributed by atoms with Crippen LogP contribution in [0.1, 0.15) is 36.8 Å². The van der Waals surface area contributed by atoms with Crippen molar-refractivity contribution in [2.45, 2.75) is 51.2 Å². The molecule has 1 saturated heterocycles. The minimum absolute atomic E-state index is 0.0475. The van der Waals surface area contributed by atoms with Gasteiger partial charge >= 0.3 is 21.3 Å². The van der Waals surface area contributed by atoms with Crippen LogP contribution in [0.4, 0.5) is 0 Å². The average Bonchev–Trinajstić information content (AvgIpc) is 3.68. The number of furan rings is 1. The number of H-pyrrole nitrogens is 1. The monoisotopic (exact) mass is 588 g/mol. The first-order valence-electron chi connectivity index (χ1n) is 12.4. The zero-order valence-corrected chi connectivity index (χ0v) is 22.8. The molecule has 2 aromatic heterocycles. The van der Waals surface area contributed by atoms with Crippen molar-refractivity contribution in [2.75, 3.05) is 13.2 Å². The van der Waals surface area contributed by atoms with E-state index in [0.29, 0.717) is 11.8 Å². The van der Waals surface area contributed by atoms with Gasteiger partial charge < -0.3 is 18.9 Å². The van der Waals surface area contributed by atoms with Crippen LogP contribution in [0, 0.1) is 24.7 Å². The lowest BCUT2D eigenvalue weighted by Gasteiger charge is -2.23. The molecule has 0 radical (unpaired) electrons. The Balaban J connectivity index is 1.25. The summed E-state index contributed by atoms with van der Waals surface area (Å²) in [4.78, 5) is 46.9. The molecule has 3 aliphatic rings. The van der Waals surface area contributed by atoms with Crippen LogP contribution in [0.3, 0.4) is 0 Å². The molecule has 2 fully saturated rings. The summed E-state index contributed by atoms with van der Waals surface area (Å²) in [5, 5.41) is 0. The lowest BCUT2D eigenvalue weighted by molar-refractivity contribution is -0.0477. The molecule has 14 nitrogen and oxygen atoms in total. The van der Waals surface area contributed by atoms with Gasteiger partial charge in [0.05, 0.1) is 19.5 Å². The smallest absolute Gasteiger partial charge is 0.467 e. The fourth-order valence-electron chi connectivity index (χ4n) is 5.15. The molecule has 0 spiro atoms. The number of hydrogen-bond acceptors (Lipinski definition) is 10. The first-order valence-corrected chi connectivity index (χ1v) is 15.4. The topological polar surface area (TPSA) is 189 Å². The maximum atomic E-state index is 12.7. The Hall–Kier alpha value is -2.12. The number of fused-ring (bicyclic) bond motifs is 2. The van der Waals surface area contributed by atoms with Crippen LogP contribution in [0.5, 0.6) is 0 Å². The molecule has 0 aromatic carbocycles. The molecule has 0 amide bonds. The lowest BCUT2D eigenvalue weighted by Crippen LogP contribution is -2.33. The van der Waals surface area contributed by atoms with Gasteiger partial charge in [-0.05, 0) is 49.7 Å². The summed E-state index contributed by atoms with van der Waals surface area (Å²) in [6.45, 7) is 0.635. The molecular weight excluding hydrogens is 558 g/mol. The lowest BCUT2D eigenvalue weighted by atomic mass is 9.95. The second-order valence-corrected chi connectivity index (χ2v) is 12.8. The number of nitrogens with zero attached hydrogens (tertiary/aromatic N) is 1. The summed E-state index contributed by atoms with van der Waals surface area (Å²) in [6.07, 6.45) is 5.24. The van der Waals surface area contributed by atoms with Gasteiger partial charge in [-0.1, -0.05) is 12.2 Å². The molecule has 214 valence electrons. The van der Waals surface area contributed by atoms with Crippen molar-refractivity contribution in [2.24, 2.45) is 17.8 Å². The highest BCUT2D eigenvalue weighted by molar-refractivity contribution is 7.47. The van der Waals surface area contributed by atoms with Gasteiger partial charge in [0, 0.05) is 18.2 Å². The number of hydrogen-bond donors (Lipinski definition) is 3. The molecule has 5 rings (SSSR count). The molecular formula is C23H30N2O12P2. The van der Waals surface area contributed by atoms with E-state index in [9.17, 15) is 28.5 Å². The van der Waals surface area contributed by atoms with E-state index in [1.165, 1.54) is 19.4 Å². The van der Waals surface area contributed by atoms with Crippen molar-refractivity contribution in [3.8, 4) is 0 Å². The Morgan fingerprint density at radius 1 is 1.08 bits per heavy atom. The number of phosphoric ester groups is 2. The second-order valence-electron chi connectivity index (χ2n) is 9.91. The highest BCUT2D eigenvalue weighted by Gasteiger charge is 2.44. The van der Waals surface area contributed by atoms with Crippen molar-refractivity contribution in [3.63, 3.8) is 0 Å². The number of allylic oxidation sites excluding steroid dienone is 2. The van der Waals surface area contributed by atoms with Gasteiger partial charge in [0.2, 0.25) is 0 Å². The van der Waals surface area contributed by atoms with E-state index in [0.717, 1.165) is 17.4 Å². The van der Waals surface area contributed by atoms with E-state index in [-0.39, 0.29) is 36.9 Å². The first-order chi connectivity index (χ1) is 18.5. The predicted molar refractivity (Wildman–Crippen MR) is 133 cm³/mol. The fourth-order valence-corrected chi connectivity index (χ4v) is 6.86. The summed E-state index contributed by atoms with van der Waals surface area (Å²) < 4.78 is 58.0. The summed E-state index contributed by atoms with van der Waals surface area (Å²) in [5.41, 5.74) is -1.11. The van der Waals surface area contributed by atoms with E-state index >= 15 is 0 Å². The minimum Gasteiger partial charge on any atom is -0.467 e. The van der Waals surface area contributed by atoms with Crippen LogP contribution in [-0.4, -0.2) is 44.8 Å². The highest BCUT2D eigenvalue weighted by Crippen LogP contribution is 2.51. The van der Waals surface area contributed by atoms with Gasteiger partial charge in [-0.2, -0.15) is 0 Å². The molecule has 6 unspecified atom stereocenters. The third-order valence-electron chi connectivity index (χ3n) is 7.13. The third-order valence-corrected chi connectivity index (χ3v) is 9.07. The maximum Gasteiger partial charge on any atom is 0.472 e. The molecule has 16 heteroatoms. The van der Waals surface area contributed by atoms with Gasteiger partial charge in [0.15, 0.2) is 0 Å². The summed E-state index contributed by atoms with van der Waals surface area (Å²) in [7, 11) is -9.18. The van der Waals surface area contributed by atoms with E-state index in [1.807, 2.05) is 0 Å². The van der Waals surface area contributed by atoms with Gasteiger partial charge in [-0.25, -0.2) is 13.9 Å². The van der Waals surface area contributed by atoms with Crippen molar-refractivity contribution in [3.05, 3.63) is 68.9 Å². The number of aryl methyl sites for hydroxylation is 1. The molecule has 8 atom stereocenters. The molecule has 1 saturated carbocycles. The predicted octanol–water partition coefficient (Wildman–Crippen LogP) is 2.77. The average molecular weight is 588 g/mol. The number of aromatic amines is 1. The van der Waals surface area contributed by atoms with Crippen molar-refractivity contribution < 1.29 is 46.2 Å². The van der Waals surface area contributed by atoms with Crippen molar-refractivity contribution >= 4 is 15.6 Å². The number of phosphoric acid groups is 2. The van der Waals surface area contributed by atoms with Crippen LogP contribution in [0.15, 0.2) is 50.8 Å². The molecule has 2 aromatic rings. The van der Waals surface area contributed by atoms with Gasteiger partial charge in [-0.3, -0.25) is 32.4 Å². The van der Waals surface area contributed by atoms with Gasteiger partial charge in [-0.15, -0.1) is 0 Å². The standard InChI is InChI=1S/C23H30N2O12P2/c1-14-10-25(23(27)24-22(14)26)21-9-19(37-39(30,31)34-12-18-3-2-6-32-18)20(36-21)13-35-38(28,29)33-11-17-8-15-4-5-16(17)7-15/h2-6,10,15-17,19-21H,7-9,11-13H2,1H3,(H,28,29)(H,30,31)(H,24,26,27)/t15?,16?,17?,19?,20-,21-/m1/s1. The number of ether oxygens (including phenoxy) is 1. The number of aromatic nitrogens is 2. The molecule has 3 heterocycles. The van der Waals surface area contributed by atoms with E-state index < -0.39 is 51.9 Å². The third kappa shape index (κ3) is 6.97. The Bertz CT molecular complexity index is 1400. The summed E-state index contributed by atoms with van der Waals surface area (Å²) in [5.74, 6) is 1.18. The normalized spacial score (nSPS) is 30.9. The number of rotatable bonds is 12. The van der Waals surface area contributed by atoms with Crippen LogP contribution in [-0.2, 0) is 38.6 Å². The van der Waals surface area contributed by atoms with Crippen LogP contribution in [0.2, 0.25) is 0 Å². The van der Waals surface area contributed by atoms with E-state index in [4.69, 9.17) is 27.2 Å². The fraction of sp³-hybridized carbons (Fsp3) is 0.565. The molecule has 2 aliphatic carbocycles. The van der Waals surface area contributed by atoms with Crippen LogP contribution in [0.25, 0.3) is 0 Å². The molecule has 1 aliphatic heterocycles. The molecule has 39 heavy (non-hydrogen) atoms. The van der Waals surface area contributed by atoms with Crippen LogP contribution < -0.4 is 11.2 Å². The summed E-state index contributed by atoms with van der Waals surface area (Å²) >= 11 is 0. The Morgan fingerprint density at radius 2 is 1.87 bits per heavy atom. The number of nitrogens with one attached hydrogen (secondary N) is 1. The SMILES string of the molecule is Cc1cn([C@H]2CC(OP(=O)(O)OCc3ccco3)[C@@H](COP(=O)(O)OCC3CC4C=CC3C4)O2)c(=O)[nH]c1=O. The van der Waals surface area contributed by atoms with Gasteiger partial charge in [0.25, 0.3) is 5.56 Å². The first kappa shape index (κ1) is 28.4. The maximum absolute atomic E-state index is 12.7. The largest absolute Gasteiger partial charge is 0.472 e. The van der Waals surface area contributed by atoms with Gasteiger partial charge in [0.1, 0.15) is 30.8 Å². The summed E-state index contributed by atoms with van der Waals surface area (Å²) in [6, 6.07) is 3.12. The highest BCUT2D eigenvalue weighted by atomic mass is 31.2. The zero-order valence-electron chi connectivity index (χ0n) is 21.0.